The number of hydrogen-bond donors (Lipinski definition) is 1. The first-order valence-corrected chi connectivity index (χ1v) is 9.69. The molecule has 2 aromatic rings. The minimum absolute atomic E-state index is 0.0107. The Bertz CT molecular complexity index is 1040. The number of carbonyl (C=O) groups is 3. The van der Waals surface area contributed by atoms with Crippen LogP contribution >= 0.6 is 0 Å². The van der Waals surface area contributed by atoms with Crippen LogP contribution in [-0.4, -0.2) is 44.5 Å². The van der Waals surface area contributed by atoms with Gasteiger partial charge in [-0.05, 0) is 42.3 Å². The molecule has 2 aliphatic heterocycles. The molecule has 156 valence electrons. The Morgan fingerprint density at radius 3 is 2.53 bits per heavy atom. The predicted molar refractivity (Wildman–Crippen MR) is 112 cm³/mol. The predicted octanol–water partition coefficient (Wildman–Crippen LogP) is 2.36. The standard InChI is InChI=1S/C22H23N3O5/c1-13(26)24-9-8-14-10-15(4-6-18(14)24)23-17-12-21(27)25(22(17)28)16-5-7-19(29-2)20(11-16)30-3/h4-7,10-11,17,23H,8-9,12H2,1-3H3/t17-/m0/s1. The summed E-state index contributed by atoms with van der Waals surface area (Å²) < 4.78 is 10.5. The third-order valence-electron chi connectivity index (χ3n) is 5.47. The Hall–Kier alpha value is -3.55. The van der Waals surface area contributed by atoms with E-state index in [2.05, 4.69) is 5.32 Å². The van der Waals surface area contributed by atoms with Crippen LogP contribution in [0.25, 0.3) is 0 Å². The van der Waals surface area contributed by atoms with Crippen molar-refractivity contribution in [2.45, 2.75) is 25.8 Å². The van der Waals surface area contributed by atoms with Gasteiger partial charge < -0.3 is 19.7 Å². The first-order valence-electron chi connectivity index (χ1n) is 9.69. The van der Waals surface area contributed by atoms with Crippen LogP contribution in [0.1, 0.15) is 18.9 Å². The van der Waals surface area contributed by atoms with Gasteiger partial charge in [-0.25, -0.2) is 4.90 Å². The summed E-state index contributed by atoms with van der Waals surface area (Å²) in [5.41, 5.74) is 3.13. The molecule has 1 fully saturated rings. The van der Waals surface area contributed by atoms with Gasteiger partial charge >= 0.3 is 0 Å². The smallest absolute Gasteiger partial charge is 0.256 e. The van der Waals surface area contributed by atoms with Crippen LogP contribution in [0.2, 0.25) is 0 Å². The van der Waals surface area contributed by atoms with Crippen LogP contribution in [0.5, 0.6) is 11.5 Å². The summed E-state index contributed by atoms with van der Waals surface area (Å²) in [5.74, 6) is 0.372. The number of nitrogens with zero attached hydrogens (tertiary/aromatic N) is 2. The highest BCUT2D eigenvalue weighted by atomic mass is 16.5. The molecule has 0 aromatic heterocycles. The van der Waals surface area contributed by atoms with Gasteiger partial charge in [0.15, 0.2) is 11.5 Å². The van der Waals surface area contributed by atoms with Gasteiger partial charge in [0, 0.05) is 30.9 Å². The Morgan fingerprint density at radius 1 is 1.07 bits per heavy atom. The number of benzene rings is 2. The molecule has 1 atom stereocenters. The van der Waals surface area contributed by atoms with E-state index in [-0.39, 0.29) is 24.1 Å². The number of anilines is 3. The summed E-state index contributed by atoms with van der Waals surface area (Å²) in [6.45, 7) is 2.20. The van der Waals surface area contributed by atoms with Crippen LogP contribution in [0.3, 0.4) is 0 Å². The van der Waals surface area contributed by atoms with Crippen molar-refractivity contribution in [2.24, 2.45) is 0 Å². The molecule has 4 rings (SSSR count). The molecule has 0 radical (unpaired) electrons. The Labute approximate surface area is 174 Å². The number of rotatable bonds is 5. The zero-order valence-electron chi connectivity index (χ0n) is 17.1. The molecule has 1 saturated heterocycles. The van der Waals surface area contributed by atoms with Crippen molar-refractivity contribution in [2.75, 3.05) is 35.9 Å². The van der Waals surface area contributed by atoms with E-state index in [0.717, 1.165) is 23.4 Å². The average molecular weight is 409 g/mol. The number of fused-ring (bicyclic) bond motifs is 1. The lowest BCUT2D eigenvalue weighted by molar-refractivity contribution is -0.121. The van der Waals surface area contributed by atoms with E-state index in [9.17, 15) is 14.4 Å². The fourth-order valence-corrected chi connectivity index (χ4v) is 4.00. The minimum atomic E-state index is -0.658. The maximum Gasteiger partial charge on any atom is 0.256 e. The van der Waals surface area contributed by atoms with E-state index in [1.54, 1.807) is 30.0 Å². The molecule has 8 nitrogen and oxygen atoms in total. The fraction of sp³-hybridized carbons (Fsp3) is 0.318. The molecule has 0 unspecified atom stereocenters. The van der Waals surface area contributed by atoms with Gasteiger partial charge in [-0.2, -0.15) is 0 Å². The summed E-state index contributed by atoms with van der Waals surface area (Å²) in [6.07, 6.45) is 0.823. The van der Waals surface area contributed by atoms with E-state index in [1.165, 1.54) is 19.1 Å². The number of imide groups is 1. The number of ether oxygens (including phenoxy) is 2. The van der Waals surface area contributed by atoms with E-state index in [0.29, 0.717) is 23.7 Å². The molecule has 2 aliphatic rings. The van der Waals surface area contributed by atoms with Gasteiger partial charge in [-0.1, -0.05) is 0 Å². The Kier molecular flexibility index (Phi) is 5.07. The van der Waals surface area contributed by atoms with Crippen LogP contribution in [0, 0.1) is 0 Å². The van der Waals surface area contributed by atoms with Crippen molar-refractivity contribution in [3.8, 4) is 11.5 Å². The molecular weight excluding hydrogens is 386 g/mol. The van der Waals surface area contributed by atoms with Crippen LogP contribution < -0.4 is 24.6 Å². The van der Waals surface area contributed by atoms with Crippen LogP contribution in [-0.2, 0) is 20.8 Å². The normalized spacial score (nSPS) is 17.9. The average Bonchev–Trinajstić information content (AvgIpc) is 3.28. The fourth-order valence-electron chi connectivity index (χ4n) is 4.00. The summed E-state index contributed by atoms with van der Waals surface area (Å²) in [7, 11) is 3.02. The summed E-state index contributed by atoms with van der Waals surface area (Å²) in [5, 5.41) is 3.17. The summed E-state index contributed by atoms with van der Waals surface area (Å²) >= 11 is 0. The van der Waals surface area contributed by atoms with Gasteiger partial charge in [0.1, 0.15) is 6.04 Å². The van der Waals surface area contributed by atoms with Gasteiger partial charge in [-0.15, -0.1) is 0 Å². The highest BCUT2D eigenvalue weighted by Crippen LogP contribution is 2.35. The van der Waals surface area contributed by atoms with Crippen molar-refractivity contribution in [3.05, 3.63) is 42.0 Å². The maximum atomic E-state index is 13.0. The molecule has 0 bridgehead atoms. The zero-order valence-corrected chi connectivity index (χ0v) is 17.1. The van der Waals surface area contributed by atoms with E-state index >= 15 is 0 Å². The second-order valence-electron chi connectivity index (χ2n) is 7.27. The minimum Gasteiger partial charge on any atom is -0.493 e. The highest BCUT2D eigenvalue weighted by Gasteiger charge is 2.40. The largest absolute Gasteiger partial charge is 0.493 e. The Morgan fingerprint density at radius 2 is 1.83 bits per heavy atom. The van der Waals surface area contributed by atoms with Gasteiger partial charge in [0.25, 0.3) is 5.91 Å². The first kappa shape index (κ1) is 19.8. The molecule has 2 heterocycles. The summed E-state index contributed by atoms with van der Waals surface area (Å²) in [4.78, 5) is 40.2. The van der Waals surface area contributed by atoms with Crippen LogP contribution in [0.15, 0.2) is 36.4 Å². The van der Waals surface area contributed by atoms with Crippen molar-refractivity contribution in [3.63, 3.8) is 0 Å². The molecule has 0 spiro atoms. The zero-order chi connectivity index (χ0) is 21.4. The van der Waals surface area contributed by atoms with Crippen molar-refractivity contribution in [1.82, 2.24) is 0 Å². The topological polar surface area (TPSA) is 88.2 Å². The number of hydrogen-bond acceptors (Lipinski definition) is 6. The Balaban J connectivity index is 1.53. The maximum absolute atomic E-state index is 13.0. The van der Waals surface area contributed by atoms with Gasteiger partial charge in [0.05, 0.1) is 26.3 Å². The molecule has 2 aromatic carbocycles. The number of methoxy groups -OCH3 is 2. The van der Waals surface area contributed by atoms with Crippen molar-refractivity contribution >= 4 is 34.8 Å². The van der Waals surface area contributed by atoms with E-state index in [1.807, 2.05) is 18.2 Å². The molecule has 0 saturated carbocycles. The van der Waals surface area contributed by atoms with Crippen LogP contribution in [0.4, 0.5) is 17.1 Å². The quantitative estimate of drug-likeness (QED) is 0.763. The third-order valence-corrected chi connectivity index (χ3v) is 5.47. The van der Waals surface area contributed by atoms with E-state index < -0.39 is 6.04 Å². The lowest BCUT2D eigenvalue weighted by Gasteiger charge is -2.18. The highest BCUT2D eigenvalue weighted by molar-refractivity contribution is 6.23. The van der Waals surface area contributed by atoms with Crippen molar-refractivity contribution < 1.29 is 23.9 Å². The monoisotopic (exact) mass is 409 g/mol. The number of amides is 3. The SMILES string of the molecule is COc1ccc(N2C(=O)C[C@H](Nc3ccc4c(c3)CCN4C(C)=O)C2=O)cc1OC. The molecule has 0 aliphatic carbocycles. The third kappa shape index (κ3) is 3.34. The first-order chi connectivity index (χ1) is 14.4. The van der Waals surface area contributed by atoms with Gasteiger partial charge in [0.2, 0.25) is 11.8 Å². The molecular formula is C22H23N3O5. The lowest BCUT2D eigenvalue weighted by Crippen LogP contribution is -2.34. The number of carbonyl (C=O) groups excluding carboxylic acids is 3. The second kappa shape index (κ2) is 7.70. The second-order valence-corrected chi connectivity index (χ2v) is 7.27. The molecule has 3 amide bonds. The van der Waals surface area contributed by atoms with E-state index in [4.69, 9.17) is 9.47 Å². The molecule has 8 heteroatoms. The molecule has 1 N–H and O–H groups in total. The lowest BCUT2D eigenvalue weighted by atomic mass is 10.1. The molecule has 30 heavy (non-hydrogen) atoms. The van der Waals surface area contributed by atoms with Gasteiger partial charge in [-0.3, -0.25) is 14.4 Å². The summed E-state index contributed by atoms with van der Waals surface area (Å²) in [6, 6.07) is 9.92. The van der Waals surface area contributed by atoms with Crippen molar-refractivity contribution in [1.29, 1.82) is 0 Å². The number of nitrogens with one attached hydrogen (secondary N) is 1.